The van der Waals surface area contributed by atoms with E-state index in [9.17, 15) is 4.79 Å². The van der Waals surface area contributed by atoms with Crippen molar-refractivity contribution in [1.82, 2.24) is 5.32 Å². The summed E-state index contributed by atoms with van der Waals surface area (Å²) in [6, 6.07) is -0.297. The highest BCUT2D eigenvalue weighted by Crippen LogP contribution is 2.27. The fraction of sp³-hybridized carbons (Fsp3) is 0.750. The first kappa shape index (κ1) is 13.4. The minimum Gasteiger partial charge on any atom is -0.351 e. The molecule has 3 nitrogen and oxygen atoms in total. The van der Waals surface area contributed by atoms with Crippen LogP contribution in [0.5, 0.6) is 0 Å². The Labute approximate surface area is 102 Å². The molecule has 1 fully saturated rings. The maximum atomic E-state index is 11.7. The quantitative estimate of drug-likeness (QED) is 0.724. The molecule has 1 rings (SSSR count). The van der Waals surface area contributed by atoms with Crippen LogP contribution in [0.25, 0.3) is 0 Å². The van der Waals surface area contributed by atoms with Crippen molar-refractivity contribution < 1.29 is 4.79 Å². The van der Waals surface area contributed by atoms with Crippen LogP contribution in [0.15, 0.2) is 0 Å². The smallest absolute Gasteiger partial charge is 0.238 e. The van der Waals surface area contributed by atoms with Gasteiger partial charge in [0, 0.05) is 17.7 Å². The number of thioether (sulfide) groups is 1. The number of amides is 1. The Morgan fingerprint density at radius 2 is 2.31 bits per heavy atom. The molecule has 1 saturated carbocycles. The minimum absolute atomic E-state index is 0.107. The van der Waals surface area contributed by atoms with Gasteiger partial charge in [0.2, 0.25) is 5.91 Å². The van der Waals surface area contributed by atoms with Crippen molar-refractivity contribution in [3.05, 3.63) is 0 Å². The second kappa shape index (κ2) is 6.82. The number of carbonyl (C=O) groups excluding carboxylic acids is 1. The third kappa shape index (κ3) is 3.73. The van der Waals surface area contributed by atoms with Crippen molar-refractivity contribution in [3.63, 3.8) is 0 Å². The number of hydrogen-bond acceptors (Lipinski definition) is 3. The Morgan fingerprint density at radius 1 is 1.62 bits per heavy atom. The Bertz CT molecular complexity index is 275. The first-order chi connectivity index (χ1) is 7.69. The monoisotopic (exact) mass is 240 g/mol. The predicted molar refractivity (Wildman–Crippen MR) is 69.1 cm³/mol. The van der Waals surface area contributed by atoms with Crippen LogP contribution in [0.3, 0.4) is 0 Å². The van der Waals surface area contributed by atoms with Gasteiger partial charge in [-0.2, -0.15) is 11.8 Å². The molecular formula is C12H20N2OS. The summed E-state index contributed by atoms with van der Waals surface area (Å²) in [4.78, 5) is 11.7. The zero-order valence-electron chi connectivity index (χ0n) is 9.74. The number of rotatable bonds is 4. The van der Waals surface area contributed by atoms with Gasteiger partial charge in [-0.15, -0.1) is 12.3 Å². The molecule has 0 aliphatic heterocycles. The lowest BCUT2D eigenvalue weighted by atomic mass is 9.94. The Balaban J connectivity index is 2.45. The maximum absolute atomic E-state index is 11.7. The molecule has 0 spiro atoms. The molecule has 0 aromatic heterocycles. The number of terminal acetylenes is 1. The lowest BCUT2D eigenvalue weighted by Crippen LogP contribution is -2.49. The van der Waals surface area contributed by atoms with Crippen molar-refractivity contribution in [3.8, 4) is 12.3 Å². The summed E-state index contributed by atoms with van der Waals surface area (Å²) in [5.74, 6) is 2.31. The molecule has 3 unspecified atom stereocenters. The van der Waals surface area contributed by atoms with Gasteiger partial charge in [-0.1, -0.05) is 12.8 Å². The van der Waals surface area contributed by atoms with E-state index in [0.717, 1.165) is 6.42 Å². The van der Waals surface area contributed by atoms with Crippen LogP contribution >= 0.6 is 11.8 Å². The van der Waals surface area contributed by atoms with E-state index in [0.29, 0.717) is 11.7 Å². The first-order valence-electron chi connectivity index (χ1n) is 5.71. The fourth-order valence-electron chi connectivity index (χ4n) is 2.05. The third-order valence-electron chi connectivity index (χ3n) is 3.01. The summed E-state index contributed by atoms with van der Waals surface area (Å²) in [7, 11) is 0. The average molecular weight is 240 g/mol. The highest BCUT2D eigenvalue weighted by molar-refractivity contribution is 7.99. The van der Waals surface area contributed by atoms with Gasteiger partial charge in [0.15, 0.2) is 0 Å². The number of nitrogens with one attached hydrogen (secondary N) is 1. The lowest BCUT2D eigenvalue weighted by Gasteiger charge is -2.31. The van der Waals surface area contributed by atoms with E-state index in [1.165, 1.54) is 19.3 Å². The molecule has 0 aromatic carbocycles. The standard InChI is InChI=1S/C12H20N2OS/c1-3-6-9(13)12(15)14-10-7-4-5-8-11(10)16-2/h1,9-11H,4-8,13H2,2H3,(H,14,15). The predicted octanol–water partition coefficient (Wildman–Crippen LogP) is 1.13. The SMILES string of the molecule is C#CCC(N)C(=O)NC1CCCCC1SC. The average Bonchev–Trinajstić information content (AvgIpc) is 2.30. The number of nitrogens with two attached hydrogens (primary N) is 1. The van der Waals surface area contributed by atoms with Crippen molar-refractivity contribution in [2.45, 2.75) is 49.4 Å². The van der Waals surface area contributed by atoms with Crippen LogP contribution in [-0.2, 0) is 4.79 Å². The van der Waals surface area contributed by atoms with Crippen LogP contribution in [-0.4, -0.2) is 29.5 Å². The number of hydrogen-bond donors (Lipinski definition) is 2. The van der Waals surface area contributed by atoms with Gasteiger partial charge < -0.3 is 11.1 Å². The fourth-order valence-corrected chi connectivity index (χ4v) is 2.99. The molecule has 3 N–H and O–H groups in total. The molecule has 1 aliphatic carbocycles. The summed E-state index contributed by atoms with van der Waals surface area (Å²) >= 11 is 1.83. The van der Waals surface area contributed by atoms with Crippen molar-refractivity contribution in [1.29, 1.82) is 0 Å². The Kier molecular flexibility index (Phi) is 5.72. The molecule has 90 valence electrons. The van der Waals surface area contributed by atoms with Gasteiger partial charge in [0.05, 0.1) is 6.04 Å². The summed E-state index contributed by atoms with van der Waals surface area (Å²) in [6.07, 6.45) is 12.2. The molecule has 4 heteroatoms. The zero-order valence-corrected chi connectivity index (χ0v) is 10.6. The van der Waals surface area contributed by atoms with Gasteiger partial charge in [-0.05, 0) is 19.1 Å². The van der Waals surface area contributed by atoms with Crippen LogP contribution in [0.4, 0.5) is 0 Å². The second-order valence-electron chi connectivity index (χ2n) is 4.19. The Morgan fingerprint density at radius 3 is 2.94 bits per heavy atom. The largest absolute Gasteiger partial charge is 0.351 e. The highest BCUT2D eigenvalue weighted by Gasteiger charge is 2.26. The van der Waals surface area contributed by atoms with Crippen molar-refractivity contribution in [2.75, 3.05) is 6.26 Å². The van der Waals surface area contributed by atoms with Crippen molar-refractivity contribution >= 4 is 17.7 Å². The van der Waals surface area contributed by atoms with Gasteiger partial charge in [0.1, 0.15) is 0 Å². The van der Waals surface area contributed by atoms with Gasteiger partial charge >= 0.3 is 0 Å². The lowest BCUT2D eigenvalue weighted by molar-refractivity contribution is -0.123. The van der Waals surface area contributed by atoms with Crippen LogP contribution in [0.1, 0.15) is 32.1 Å². The van der Waals surface area contributed by atoms with Gasteiger partial charge in [0.25, 0.3) is 0 Å². The summed E-state index contributed by atoms with van der Waals surface area (Å²) in [5, 5.41) is 3.55. The van der Waals surface area contributed by atoms with Gasteiger partial charge in [-0.25, -0.2) is 0 Å². The first-order valence-corrected chi connectivity index (χ1v) is 7.00. The van der Waals surface area contributed by atoms with E-state index in [1.807, 2.05) is 11.8 Å². The third-order valence-corrected chi connectivity index (χ3v) is 4.18. The summed E-state index contributed by atoms with van der Waals surface area (Å²) < 4.78 is 0. The van der Waals surface area contributed by atoms with E-state index < -0.39 is 6.04 Å². The molecule has 0 bridgehead atoms. The molecular weight excluding hydrogens is 220 g/mol. The number of carbonyl (C=O) groups is 1. The second-order valence-corrected chi connectivity index (χ2v) is 5.27. The van der Waals surface area contributed by atoms with Crippen LogP contribution in [0.2, 0.25) is 0 Å². The van der Waals surface area contributed by atoms with E-state index in [-0.39, 0.29) is 11.9 Å². The molecule has 0 radical (unpaired) electrons. The van der Waals surface area contributed by atoms with E-state index in [2.05, 4.69) is 17.5 Å². The minimum atomic E-state index is -0.561. The molecule has 0 aromatic rings. The van der Waals surface area contributed by atoms with E-state index in [1.54, 1.807) is 0 Å². The van der Waals surface area contributed by atoms with Crippen LogP contribution < -0.4 is 11.1 Å². The molecule has 16 heavy (non-hydrogen) atoms. The van der Waals surface area contributed by atoms with E-state index >= 15 is 0 Å². The van der Waals surface area contributed by atoms with Gasteiger partial charge in [-0.3, -0.25) is 4.79 Å². The maximum Gasteiger partial charge on any atom is 0.238 e. The van der Waals surface area contributed by atoms with Crippen molar-refractivity contribution in [2.24, 2.45) is 5.73 Å². The molecule has 0 heterocycles. The summed E-state index contributed by atoms with van der Waals surface area (Å²) in [5.41, 5.74) is 5.67. The van der Waals surface area contributed by atoms with Crippen LogP contribution in [0, 0.1) is 12.3 Å². The zero-order chi connectivity index (χ0) is 12.0. The summed E-state index contributed by atoms with van der Waals surface area (Å²) in [6.45, 7) is 0. The molecule has 3 atom stereocenters. The Hall–Kier alpha value is -0.660. The highest BCUT2D eigenvalue weighted by atomic mass is 32.2. The molecule has 1 aliphatic rings. The van der Waals surface area contributed by atoms with E-state index in [4.69, 9.17) is 12.2 Å². The topological polar surface area (TPSA) is 55.1 Å². The molecule has 1 amide bonds. The normalized spacial score (nSPS) is 26.8. The molecule has 0 saturated heterocycles.